The number of nitrogens with zero attached hydrogens (tertiary/aromatic N) is 1. The van der Waals surface area contributed by atoms with Crippen molar-refractivity contribution in [1.82, 2.24) is 9.97 Å². The summed E-state index contributed by atoms with van der Waals surface area (Å²) in [5, 5.41) is 0.562. The van der Waals surface area contributed by atoms with Gasteiger partial charge in [0.2, 0.25) is 0 Å². The van der Waals surface area contributed by atoms with Gasteiger partial charge >= 0.3 is 0 Å². The van der Waals surface area contributed by atoms with Gasteiger partial charge in [0.25, 0.3) is 0 Å². The van der Waals surface area contributed by atoms with Crippen LogP contribution in [0.2, 0.25) is 0 Å². The first-order valence-electron chi connectivity index (χ1n) is 3.51. The Morgan fingerprint density at radius 2 is 2.33 bits per heavy atom. The number of rotatable bonds is 0. The molecule has 0 aliphatic rings. The Morgan fingerprint density at radius 1 is 1.50 bits per heavy atom. The van der Waals surface area contributed by atoms with Gasteiger partial charge in [0.15, 0.2) is 5.43 Å². The number of aromatic nitrogens is 2. The average Bonchev–Trinajstić information content (AvgIpc) is 2.04. The zero-order chi connectivity index (χ0) is 8.55. The molecule has 0 unspecified atom stereocenters. The molecule has 0 radical (unpaired) electrons. The third kappa shape index (κ3) is 0.934. The molecule has 0 bridgehead atoms. The van der Waals surface area contributed by atoms with Gasteiger partial charge in [-0.15, -0.1) is 0 Å². The maximum absolute atomic E-state index is 11.3. The number of pyridine rings is 2. The van der Waals surface area contributed by atoms with Crippen molar-refractivity contribution in [2.75, 3.05) is 5.73 Å². The van der Waals surface area contributed by atoms with Gasteiger partial charge in [-0.25, -0.2) is 4.98 Å². The van der Waals surface area contributed by atoms with E-state index in [2.05, 4.69) is 9.97 Å². The van der Waals surface area contributed by atoms with E-state index in [0.29, 0.717) is 16.9 Å². The van der Waals surface area contributed by atoms with Crippen LogP contribution in [0.15, 0.2) is 29.2 Å². The minimum atomic E-state index is -0.102. The Bertz CT molecular complexity index is 475. The molecule has 0 saturated carbocycles. The summed E-state index contributed by atoms with van der Waals surface area (Å²) >= 11 is 0. The van der Waals surface area contributed by atoms with Crippen molar-refractivity contribution in [3.05, 3.63) is 34.6 Å². The minimum absolute atomic E-state index is 0.102. The highest BCUT2D eigenvalue weighted by molar-refractivity contribution is 5.75. The molecule has 0 amide bonds. The molecule has 2 aromatic rings. The summed E-state index contributed by atoms with van der Waals surface area (Å²) in [4.78, 5) is 18.0. The maximum Gasteiger partial charge on any atom is 0.193 e. The van der Waals surface area contributed by atoms with Gasteiger partial charge in [-0.1, -0.05) is 0 Å². The highest BCUT2D eigenvalue weighted by Crippen LogP contribution is 2.03. The number of H-pyrrole nitrogens is 1. The van der Waals surface area contributed by atoms with E-state index in [9.17, 15) is 4.79 Å². The quantitative estimate of drug-likeness (QED) is 0.591. The second kappa shape index (κ2) is 2.34. The average molecular weight is 161 g/mol. The normalized spacial score (nSPS) is 10.3. The van der Waals surface area contributed by atoms with Crippen LogP contribution in [0.5, 0.6) is 0 Å². The van der Waals surface area contributed by atoms with E-state index in [-0.39, 0.29) is 5.43 Å². The number of aromatic amines is 1. The van der Waals surface area contributed by atoms with Crippen molar-refractivity contribution in [1.29, 1.82) is 0 Å². The molecule has 4 nitrogen and oxygen atoms in total. The van der Waals surface area contributed by atoms with Crippen LogP contribution in [0.3, 0.4) is 0 Å². The molecule has 2 heterocycles. The van der Waals surface area contributed by atoms with Crippen molar-refractivity contribution in [2.24, 2.45) is 0 Å². The lowest BCUT2D eigenvalue weighted by Gasteiger charge is -1.96. The Labute approximate surface area is 68.1 Å². The van der Waals surface area contributed by atoms with Crippen molar-refractivity contribution in [3.8, 4) is 0 Å². The third-order valence-electron chi connectivity index (χ3n) is 1.62. The van der Waals surface area contributed by atoms with Crippen molar-refractivity contribution >= 4 is 16.9 Å². The summed E-state index contributed by atoms with van der Waals surface area (Å²) in [6.07, 6.45) is 1.61. The lowest BCUT2D eigenvalue weighted by atomic mass is 10.3. The standard InChI is InChI=1S/C8H7N3O/c9-7-4-6(12)5-2-1-3-10-8(5)11-7/h1-4H,(H3,9,10,11,12). The molecule has 0 aliphatic heterocycles. The van der Waals surface area contributed by atoms with Crippen molar-refractivity contribution in [3.63, 3.8) is 0 Å². The second-order valence-corrected chi connectivity index (χ2v) is 2.49. The third-order valence-corrected chi connectivity index (χ3v) is 1.62. The highest BCUT2D eigenvalue weighted by atomic mass is 16.1. The smallest absolute Gasteiger partial charge is 0.193 e. The molecular weight excluding hydrogens is 154 g/mol. The van der Waals surface area contributed by atoms with Crippen LogP contribution in [-0.4, -0.2) is 9.97 Å². The summed E-state index contributed by atoms with van der Waals surface area (Å²) < 4.78 is 0. The topological polar surface area (TPSA) is 71.8 Å². The summed E-state index contributed by atoms with van der Waals surface area (Å²) in [5.41, 5.74) is 5.86. The number of nitrogen functional groups attached to an aromatic ring is 1. The van der Waals surface area contributed by atoms with Gasteiger partial charge in [-0.2, -0.15) is 0 Å². The first-order valence-corrected chi connectivity index (χ1v) is 3.51. The fourth-order valence-electron chi connectivity index (χ4n) is 1.10. The van der Waals surface area contributed by atoms with Gasteiger partial charge in [0, 0.05) is 12.3 Å². The van der Waals surface area contributed by atoms with Crippen LogP contribution in [0, 0.1) is 0 Å². The number of hydrogen-bond acceptors (Lipinski definition) is 3. The molecule has 0 aromatic carbocycles. The Kier molecular flexibility index (Phi) is 1.33. The van der Waals surface area contributed by atoms with Crippen LogP contribution in [0.25, 0.3) is 11.0 Å². The minimum Gasteiger partial charge on any atom is -0.385 e. The van der Waals surface area contributed by atoms with Crippen molar-refractivity contribution in [2.45, 2.75) is 0 Å². The van der Waals surface area contributed by atoms with E-state index in [4.69, 9.17) is 5.73 Å². The predicted molar refractivity (Wildman–Crippen MR) is 46.8 cm³/mol. The van der Waals surface area contributed by atoms with E-state index in [1.165, 1.54) is 6.07 Å². The van der Waals surface area contributed by atoms with Crippen LogP contribution in [0.4, 0.5) is 5.82 Å². The van der Waals surface area contributed by atoms with E-state index < -0.39 is 0 Å². The summed E-state index contributed by atoms with van der Waals surface area (Å²) in [6, 6.07) is 4.78. The maximum atomic E-state index is 11.3. The molecule has 0 atom stereocenters. The predicted octanol–water partition coefficient (Wildman–Crippen LogP) is 0.505. The van der Waals surface area contributed by atoms with Gasteiger partial charge in [-0.05, 0) is 12.1 Å². The number of hydrogen-bond donors (Lipinski definition) is 2. The second-order valence-electron chi connectivity index (χ2n) is 2.49. The summed E-state index contributed by atoms with van der Waals surface area (Å²) in [7, 11) is 0. The molecule has 0 saturated heterocycles. The molecular formula is C8H7N3O. The molecule has 60 valence electrons. The highest BCUT2D eigenvalue weighted by Gasteiger charge is 1.98. The summed E-state index contributed by atoms with van der Waals surface area (Å²) in [5.74, 6) is 0.339. The molecule has 3 N–H and O–H groups in total. The number of nitrogens with one attached hydrogen (secondary N) is 1. The van der Waals surface area contributed by atoms with Gasteiger partial charge in [-0.3, -0.25) is 4.79 Å². The fraction of sp³-hybridized carbons (Fsp3) is 0. The molecule has 0 fully saturated rings. The molecule has 2 aromatic heterocycles. The lowest BCUT2D eigenvalue weighted by Crippen LogP contribution is -2.05. The van der Waals surface area contributed by atoms with Gasteiger partial charge < -0.3 is 10.7 Å². The first-order chi connectivity index (χ1) is 5.77. The monoisotopic (exact) mass is 161 g/mol. The Morgan fingerprint density at radius 3 is 3.17 bits per heavy atom. The molecule has 0 aliphatic carbocycles. The van der Waals surface area contributed by atoms with Crippen LogP contribution < -0.4 is 11.2 Å². The lowest BCUT2D eigenvalue weighted by molar-refractivity contribution is 1.28. The number of nitrogens with two attached hydrogens (primary N) is 1. The van der Waals surface area contributed by atoms with Crippen LogP contribution in [0.1, 0.15) is 0 Å². The Hall–Kier alpha value is -1.84. The molecule has 0 spiro atoms. The molecule has 2 rings (SSSR count). The zero-order valence-electron chi connectivity index (χ0n) is 6.24. The van der Waals surface area contributed by atoms with E-state index in [1.54, 1.807) is 18.3 Å². The summed E-state index contributed by atoms with van der Waals surface area (Å²) in [6.45, 7) is 0. The van der Waals surface area contributed by atoms with E-state index in [1.807, 2.05) is 0 Å². The molecule has 4 heteroatoms. The van der Waals surface area contributed by atoms with Gasteiger partial charge in [0.05, 0.1) is 5.39 Å². The van der Waals surface area contributed by atoms with Crippen molar-refractivity contribution < 1.29 is 0 Å². The molecule has 12 heavy (non-hydrogen) atoms. The number of fused-ring (bicyclic) bond motifs is 1. The number of anilines is 1. The first kappa shape index (κ1) is 6.84. The Balaban J connectivity index is 2.99. The SMILES string of the molecule is Nc1cc(=O)c2cccnc2[nH]1. The van der Waals surface area contributed by atoms with Gasteiger partial charge in [0.1, 0.15) is 11.5 Å². The van der Waals surface area contributed by atoms with Crippen LogP contribution >= 0.6 is 0 Å². The fourth-order valence-corrected chi connectivity index (χ4v) is 1.10. The largest absolute Gasteiger partial charge is 0.385 e. The zero-order valence-corrected chi connectivity index (χ0v) is 6.24. The van der Waals surface area contributed by atoms with Crippen LogP contribution in [-0.2, 0) is 0 Å². The van der Waals surface area contributed by atoms with E-state index >= 15 is 0 Å². The van der Waals surface area contributed by atoms with E-state index in [0.717, 1.165) is 0 Å².